The number of amides is 1. The molecule has 0 bridgehead atoms. The van der Waals surface area contributed by atoms with Crippen molar-refractivity contribution in [3.8, 4) is 0 Å². The van der Waals surface area contributed by atoms with Gasteiger partial charge in [-0.15, -0.1) is 0 Å². The smallest absolute Gasteiger partial charge is 0.411 e. The van der Waals surface area contributed by atoms with E-state index in [2.05, 4.69) is 28.5 Å². The van der Waals surface area contributed by atoms with E-state index >= 15 is 0 Å². The normalized spacial score (nSPS) is 28.2. The van der Waals surface area contributed by atoms with Gasteiger partial charge in [0.15, 0.2) is 6.23 Å². The zero-order chi connectivity index (χ0) is 21.0. The summed E-state index contributed by atoms with van der Waals surface area (Å²) in [6.45, 7) is 10.3. The lowest BCUT2D eigenvalue weighted by molar-refractivity contribution is -0.143. The third-order valence-corrected chi connectivity index (χ3v) is 6.83. The second-order valence-corrected chi connectivity index (χ2v) is 9.07. The number of likely N-dealkylation sites (N-methyl/N-ethyl adjacent to an activating group) is 1. The minimum absolute atomic E-state index is 0.180. The van der Waals surface area contributed by atoms with Crippen LogP contribution in [0.3, 0.4) is 0 Å². The number of nitrogens with zero attached hydrogens (tertiary/aromatic N) is 4. The molecule has 0 spiro atoms. The van der Waals surface area contributed by atoms with Gasteiger partial charge in [-0.3, -0.25) is 14.6 Å². The minimum Gasteiger partial charge on any atom is -0.468 e. The highest BCUT2D eigenvalue weighted by Gasteiger charge is 2.39. The van der Waals surface area contributed by atoms with Crippen LogP contribution >= 0.6 is 0 Å². The van der Waals surface area contributed by atoms with Gasteiger partial charge in [-0.05, 0) is 58.5 Å². The number of carbonyl (C=O) groups is 2. The third-order valence-electron chi connectivity index (χ3n) is 6.83. The Morgan fingerprint density at radius 2 is 1.86 bits per heavy atom. The average molecular weight is 411 g/mol. The first kappa shape index (κ1) is 22.3. The maximum Gasteiger partial charge on any atom is 0.411 e. The Morgan fingerprint density at radius 3 is 2.45 bits per heavy atom. The zero-order valence-corrected chi connectivity index (χ0v) is 18.5. The highest BCUT2D eigenvalue weighted by atomic mass is 16.6. The number of ether oxygens (including phenoxy) is 2. The first-order chi connectivity index (χ1) is 13.9. The van der Waals surface area contributed by atoms with Crippen LogP contribution in [0, 0.1) is 5.92 Å². The molecule has 3 heterocycles. The Kier molecular flexibility index (Phi) is 7.76. The van der Waals surface area contributed by atoms with Crippen LogP contribution in [-0.2, 0) is 14.3 Å². The number of esters is 1. The molecule has 0 saturated carbocycles. The van der Waals surface area contributed by atoms with Crippen molar-refractivity contribution < 1.29 is 19.1 Å². The van der Waals surface area contributed by atoms with Crippen LogP contribution in [0.15, 0.2) is 0 Å². The lowest BCUT2D eigenvalue weighted by Gasteiger charge is -2.43. The van der Waals surface area contributed by atoms with Crippen LogP contribution < -0.4 is 0 Å². The van der Waals surface area contributed by atoms with Gasteiger partial charge in [0.05, 0.1) is 20.2 Å². The van der Waals surface area contributed by atoms with Crippen molar-refractivity contribution in [2.75, 3.05) is 60.0 Å². The van der Waals surface area contributed by atoms with Crippen LogP contribution in [0.2, 0.25) is 0 Å². The van der Waals surface area contributed by atoms with Crippen LogP contribution in [0.25, 0.3) is 0 Å². The molecule has 0 aliphatic carbocycles. The summed E-state index contributed by atoms with van der Waals surface area (Å²) in [6.07, 6.45) is 4.36. The molecule has 2 atom stereocenters. The van der Waals surface area contributed by atoms with Crippen LogP contribution in [0.1, 0.15) is 39.5 Å². The molecule has 0 radical (unpaired) electrons. The minimum atomic E-state index is -0.244. The van der Waals surface area contributed by atoms with Gasteiger partial charge in [0.2, 0.25) is 0 Å². The largest absolute Gasteiger partial charge is 0.468 e. The summed E-state index contributed by atoms with van der Waals surface area (Å²) in [5, 5.41) is 0. The molecule has 0 aromatic rings. The number of hydrogen-bond acceptors (Lipinski definition) is 7. The third kappa shape index (κ3) is 5.83. The summed E-state index contributed by atoms with van der Waals surface area (Å²) >= 11 is 0. The van der Waals surface area contributed by atoms with Gasteiger partial charge >= 0.3 is 12.1 Å². The lowest BCUT2D eigenvalue weighted by atomic mass is 9.89. The number of piperidine rings is 1. The molecule has 0 aromatic heterocycles. The Bertz CT molecular complexity index is 565. The molecule has 0 aromatic carbocycles. The van der Waals surface area contributed by atoms with Gasteiger partial charge in [-0.25, -0.2) is 4.79 Å². The SMILES string of the molecule is COC(=O)CN1CCN(C2CN(C)C(=O)O2)C(CCC2CCN(C(C)C)CC2)C1. The molecule has 3 saturated heterocycles. The van der Waals surface area contributed by atoms with Crippen LogP contribution in [0.4, 0.5) is 4.79 Å². The molecule has 3 aliphatic rings. The molecular formula is C21H38N4O4. The topological polar surface area (TPSA) is 65.6 Å². The molecule has 1 amide bonds. The standard InChI is InChI=1S/C21H38N4O4/c1-16(2)24-9-7-17(8-10-24)5-6-18-13-23(15-20(26)28-4)11-12-25(18)19-14-22(3)21(27)29-19/h16-19H,5-15H2,1-4H3. The Morgan fingerprint density at radius 1 is 1.14 bits per heavy atom. The second-order valence-electron chi connectivity index (χ2n) is 9.07. The predicted molar refractivity (Wildman–Crippen MR) is 111 cm³/mol. The number of carbonyl (C=O) groups excluding carboxylic acids is 2. The summed E-state index contributed by atoms with van der Waals surface area (Å²) in [5.41, 5.74) is 0. The Balaban J connectivity index is 1.57. The number of likely N-dealkylation sites (tertiary alicyclic amines) is 1. The number of cyclic esters (lactones) is 1. The molecule has 3 aliphatic heterocycles. The van der Waals surface area contributed by atoms with Crippen molar-refractivity contribution in [2.45, 2.75) is 57.8 Å². The first-order valence-electron chi connectivity index (χ1n) is 11.1. The van der Waals surface area contributed by atoms with Gasteiger partial charge in [0, 0.05) is 38.8 Å². The van der Waals surface area contributed by atoms with Crippen molar-refractivity contribution in [1.82, 2.24) is 19.6 Å². The fourth-order valence-electron chi connectivity index (χ4n) is 4.87. The number of hydrogen-bond donors (Lipinski definition) is 0. The average Bonchev–Trinajstić information content (AvgIpc) is 3.05. The quantitative estimate of drug-likeness (QED) is 0.589. The van der Waals surface area contributed by atoms with E-state index in [9.17, 15) is 9.59 Å². The predicted octanol–water partition coefficient (Wildman–Crippen LogP) is 1.45. The van der Waals surface area contributed by atoms with Crippen molar-refractivity contribution in [3.05, 3.63) is 0 Å². The maximum absolute atomic E-state index is 11.9. The highest BCUT2D eigenvalue weighted by Crippen LogP contribution is 2.28. The van der Waals surface area contributed by atoms with Gasteiger partial charge in [-0.2, -0.15) is 0 Å². The number of piperazine rings is 1. The van der Waals surface area contributed by atoms with E-state index < -0.39 is 0 Å². The van der Waals surface area contributed by atoms with Crippen molar-refractivity contribution in [3.63, 3.8) is 0 Å². The van der Waals surface area contributed by atoms with E-state index in [1.165, 1.54) is 39.5 Å². The fraction of sp³-hybridized carbons (Fsp3) is 0.905. The van der Waals surface area contributed by atoms with Gasteiger partial charge < -0.3 is 19.3 Å². The monoisotopic (exact) mass is 410 g/mol. The van der Waals surface area contributed by atoms with Gasteiger partial charge in [0.1, 0.15) is 0 Å². The molecule has 29 heavy (non-hydrogen) atoms. The Hall–Kier alpha value is -1.38. The second kappa shape index (κ2) is 10.1. The fourth-order valence-corrected chi connectivity index (χ4v) is 4.87. The molecule has 3 rings (SSSR count). The van der Waals surface area contributed by atoms with Crippen LogP contribution in [0.5, 0.6) is 0 Å². The van der Waals surface area contributed by atoms with E-state index in [0.29, 0.717) is 25.2 Å². The molecule has 0 N–H and O–H groups in total. The summed E-state index contributed by atoms with van der Waals surface area (Å²) < 4.78 is 10.5. The first-order valence-corrected chi connectivity index (χ1v) is 11.1. The van der Waals surface area contributed by atoms with E-state index in [4.69, 9.17) is 9.47 Å². The van der Waals surface area contributed by atoms with E-state index in [-0.39, 0.29) is 18.3 Å². The summed E-state index contributed by atoms with van der Waals surface area (Å²) in [6, 6.07) is 0.923. The highest BCUT2D eigenvalue weighted by molar-refractivity contribution is 5.71. The Labute approximate surface area is 175 Å². The van der Waals surface area contributed by atoms with Crippen molar-refractivity contribution in [1.29, 1.82) is 0 Å². The molecule has 8 nitrogen and oxygen atoms in total. The molecule has 166 valence electrons. The summed E-state index contributed by atoms with van der Waals surface area (Å²) in [7, 11) is 3.22. The van der Waals surface area contributed by atoms with Crippen molar-refractivity contribution in [2.24, 2.45) is 5.92 Å². The van der Waals surface area contributed by atoms with Crippen molar-refractivity contribution >= 4 is 12.1 Å². The molecule has 2 unspecified atom stereocenters. The lowest BCUT2D eigenvalue weighted by Crippen LogP contribution is -2.58. The number of rotatable bonds is 7. The summed E-state index contributed by atoms with van der Waals surface area (Å²) in [4.78, 5) is 32.3. The molecule has 3 fully saturated rings. The van der Waals surface area contributed by atoms with E-state index in [1.807, 2.05) is 0 Å². The zero-order valence-electron chi connectivity index (χ0n) is 18.5. The molecular weight excluding hydrogens is 372 g/mol. The van der Waals surface area contributed by atoms with Gasteiger partial charge in [0.25, 0.3) is 0 Å². The van der Waals surface area contributed by atoms with E-state index in [0.717, 1.165) is 32.0 Å². The van der Waals surface area contributed by atoms with Gasteiger partial charge in [-0.1, -0.05) is 0 Å². The van der Waals surface area contributed by atoms with E-state index in [1.54, 1.807) is 11.9 Å². The molecule has 8 heteroatoms. The maximum atomic E-state index is 11.9. The number of methoxy groups -OCH3 is 1. The van der Waals surface area contributed by atoms with Crippen LogP contribution in [-0.4, -0.2) is 110 Å². The summed E-state index contributed by atoms with van der Waals surface area (Å²) in [5.74, 6) is 0.571.